The lowest BCUT2D eigenvalue weighted by Gasteiger charge is -2.31. The van der Waals surface area contributed by atoms with Gasteiger partial charge < -0.3 is 10.2 Å². The minimum absolute atomic E-state index is 0.0513. The van der Waals surface area contributed by atoms with Crippen molar-refractivity contribution in [2.24, 2.45) is 0 Å². The number of amides is 1. The summed E-state index contributed by atoms with van der Waals surface area (Å²) in [5.74, 6) is 1.48. The van der Waals surface area contributed by atoms with Crippen molar-refractivity contribution >= 4 is 5.91 Å². The Morgan fingerprint density at radius 3 is 2.65 bits per heavy atom. The normalized spacial score (nSPS) is 17.0. The lowest BCUT2D eigenvalue weighted by atomic mass is 9.93. The summed E-state index contributed by atoms with van der Waals surface area (Å²) in [7, 11) is 0. The van der Waals surface area contributed by atoms with Crippen LogP contribution in [0.3, 0.4) is 0 Å². The van der Waals surface area contributed by atoms with Gasteiger partial charge in [-0.1, -0.05) is 30.3 Å². The monoisotopic (exact) mass is 352 g/mol. The van der Waals surface area contributed by atoms with Gasteiger partial charge in [-0.25, -0.2) is 9.97 Å². The Balaban J connectivity index is 1.40. The van der Waals surface area contributed by atoms with Crippen LogP contribution >= 0.6 is 0 Å². The van der Waals surface area contributed by atoms with Crippen LogP contribution in [0.1, 0.15) is 55.2 Å². The summed E-state index contributed by atoms with van der Waals surface area (Å²) in [6.45, 7) is 6.84. The topological polar surface area (TPSA) is 58.1 Å². The fourth-order valence-corrected chi connectivity index (χ4v) is 3.55. The zero-order valence-electron chi connectivity index (χ0n) is 15.7. The largest absolute Gasteiger partial charge is 0.350 e. The summed E-state index contributed by atoms with van der Waals surface area (Å²) in [6.07, 6.45) is 4.59. The van der Waals surface area contributed by atoms with Crippen LogP contribution in [0.15, 0.2) is 42.6 Å². The number of aromatic nitrogens is 2. The summed E-state index contributed by atoms with van der Waals surface area (Å²) in [4.78, 5) is 23.4. The van der Waals surface area contributed by atoms with Crippen molar-refractivity contribution in [2.45, 2.75) is 45.1 Å². The first-order valence-electron chi connectivity index (χ1n) is 9.48. The molecule has 1 aliphatic rings. The molecule has 1 fully saturated rings. The molecule has 2 heterocycles. The first-order valence-corrected chi connectivity index (χ1v) is 9.48. The van der Waals surface area contributed by atoms with Crippen molar-refractivity contribution in [1.82, 2.24) is 20.2 Å². The number of rotatable bonds is 6. The molecule has 5 heteroatoms. The molecule has 0 bridgehead atoms. The number of piperidine rings is 1. The summed E-state index contributed by atoms with van der Waals surface area (Å²) in [5, 5.41) is 3.09. The van der Waals surface area contributed by atoms with Gasteiger partial charge >= 0.3 is 0 Å². The fourth-order valence-electron chi connectivity index (χ4n) is 3.55. The summed E-state index contributed by atoms with van der Waals surface area (Å²) in [5.41, 5.74) is 2.30. The van der Waals surface area contributed by atoms with Crippen LogP contribution in [-0.4, -0.2) is 40.4 Å². The van der Waals surface area contributed by atoms with Crippen LogP contribution in [0, 0.1) is 6.92 Å². The van der Waals surface area contributed by atoms with Gasteiger partial charge in [0.25, 0.3) is 0 Å². The van der Waals surface area contributed by atoms with Crippen molar-refractivity contribution < 1.29 is 4.79 Å². The van der Waals surface area contributed by atoms with Gasteiger partial charge in [-0.05, 0) is 51.4 Å². The van der Waals surface area contributed by atoms with Crippen molar-refractivity contribution in [3.8, 4) is 0 Å². The number of nitrogens with zero attached hydrogens (tertiary/aromatic N) is 3. The molecule has 0 saturated carbocycles. The van der Waals surface area contributed by atoms with Gasteiger partial charge in [-0.2, -0.15) is 0 Å². The van der Waals surface area contributed by atoms with Gasteiger partial charge in [0.1, 0.15) is 5.82 Å². The third-order valence-corrected chi connectivity index (χ3v) is 5.14. The fraction of sp³-hybridized carbons (Fsp3) is 0.476. The van der Waals surface area contributed by atoms with E-state index in [2.05, 4.69) is 20.2 Å². The average molecular weight is 352 g/mol. The molecule has 1 aliphatic heterocycles. The smallest absolute Gasteiger partial charge is 0.221 e. The molecule has 1 N–H and O–H groups in total. The molecule has 138 valence electrons. The van der Waals surface area contributed by atoms with Crippen LogP contribution in [0.4, 0.5) is 0 Å². The number of nitrogens with one attached hydrogen (secondary N) is 1. The van der Waals surface area contributed by atoms with Crippen LogP contribution in [0.2, 0.25) is 0 Å². The molecule has 5 nitrogen and oxygen atoms in total. The molecule has 1 amide bonds. The van der Waals surface area contributed by atoms with E-state index in [1.165, 1.54) is 0 Å². The highest BCUT2D eigenvalue weighted by Crippen LogP contribution is 2.26. The zero-order valence-corrected chi connectivity index (χ0v) is 15.7. The number of likely N-dealkylation sites (tertiary alicyclic amines) is 1. The molecule has 1 saturated heterocycles. The Hall–Kier alpha value is -2.27. The molecule has 0 radical (unpaired) electrons. The molecule has 1 atom stereocenters. The minimum Gasteiger partial charge on any atom is -0.350 e. The second-order valence-corrected chi connectivity index (χ2v) is 7.09. The number of carbonyl (C=O) groups is 1. The van der Waals surface area contributed by atoms with E-state index in [9.17, 15) is 4.79 Å². The maximum absolute atomic E-state index is 12.2. The van der Waals surface area contributed by atoms with Gasteiger partial charge in [0.15, 0.2) is 0 Å². The molecule has 1 aromatic heterocycles. The summed E-state index contributed by atoms with van der Waals surface area (Å²) < 4.78 is 0. The van der Waals surface area contributed by atoms with Crippen LogP contribution in [-0.2, 0) is 4.79 Å². The number of carbonyl (C=O) groups excluding carboxylic acids is 1. The van der Waals surface area contributed by atoms with Crippen LogP contribution in [0.25, 0.3) is 0 Å². The third-order valence-electron chi connectivity index (χ3n) is 5.14. The molecule has 1 aromatic carbocycles. The zero-order chi connectivity index (χ0) is 18.4. The molecule has 0 spiro atoms. The van der Waals surface area contributed by atoms with Gasteiger partial charge in [-0.3, -0.25) is 4.79 Å². The van der Waals surface area contributed by atoms with E-state index in [4.69, 9.17) is 0 Å². The maximum Gasteiger partial charge on any atom is 0.221 e. The van der Waals surface area contributed by atoms with Crippen LogP contribution in [0.5, 0.6) is 0 Å². The van der Waals surface area contributed by atoms with Gasteiger partial charge in [0, 0.05) is 30.8 Å². The predicted octanol–water partition coefficient (Wildman–Crippen LogP) is 3.23. The van der Waals surface area contributed by atoms with Crippen molar-refractivity contribution in [2.75, 3.05) is 19.6 Å². The highest BCUT2D eigenvalue weighted by atomic mass is 16.1. The molecule has 3 rings (SSSR count). The van der Waals surface area contributed by atoms with Gasteiger partial charge in [0.05, 0.1) is 6.04 Å². The molecular formula is C21H28N4O. The average Bonchev–Trinajstić information content (AvgIpc) is 2.67. The van der Waals surface area contributed by atoms with Gasteiger partial charge in [0.2, 0.25) is 5.91 Å². The summed E-state index contributed by atoms with van der Waals surface area (Å²) in [6, 6.07) is 12.2. The molecule has 0 aliphatic carbocycles. The van der Waals surface area contributed by atoms with Gasteiger partial charge in [-0.15, -0.1) is 0 Å². The van der Waals surface area contributed by atoms with E-state index in [1.807, 2.05) is 56.4 Å². The van der Waals surface area contributed by atoms with E-state index >= 15 is 0 Å². The lowest BCUT2D eigenvalue weighted by Crippen LogP contribution is -2.36. The highest BCUT2D eigenvalue weighted by Gasteiger charge is 2.22. The number of benzene rings is 1. The predicted molar refractivity (Wildman–Crippen MR) is 103 cm³/mol. The van der Waals surface area contributed by atoms with E-state index in [0.29, 0.717) is 12.3 Å². The summed E-state index contributed by atoms with van der Waals surface area (Å²) >= 11 is 0. The Labute approximate surface area is 155 Å². The SMILES string of the molecule is Cc1nccc(C2CCN(CCC(=O)N[C@H](C)c3ccccc3)CC2)n1. The van der Waals surface area contributed by atoms with Crippen molar-refractivity contribution in [3.05, 3.63) is 59.7 Å². The third kappa shape index (κ3) is 5.11. The number of hydrogen-bond acceptors (Lipinski definition) is 4. The van der Waals surface area contributed by atoms with Crippen molar-refractivity contribution in [3.63, 3.8) is 0 Å². The maximum atomic E-state index is 12.2. The molecular weight excluding hydrogens is 324 g/mol. The first-order chi connectivity index (χ1) is 12.6. The van der Waals surface area contributed by atoms with Crippen LogP contribution < -0.4 is 5.32 Å². The Kier molecular flexibility index (Phi) is 6.34. The Morgan fingerprint density at radius 1 is 1.23 bits per heavy atom. The standard InChI is InChI=1S/C21H28N4O/c1-16(18-6-4-3-5-7-18)23-21(26)11-15-25-13-9-19(10-14-25)20-8-12-22-17(2)24-20/h3-8,12,16,19H,9-11,13-15H2,1-2H3,(H,23,26)/t16-/m1/s1. The molecule has 0 unspecified atom stereocenters. The number of hydrogen-bond donors (Lipinski definition) is 1. The Bertz CT molecular complexity index is 711. The van der Waals surface area contributed by atoms with E-state index < -0.39 is 0 Å². The number of aryl methyl sites for hydroxylation is 1. The Morgan fingerprint density at radius 2 is 1.96 bits per heavy atom. The van der Waals surface area contributed by atoms with E-state index in [-0.39, 0.29) is 11.9 Å². The lowest BCUT2D eigenvalue weighted by molar-refractivity contribution is -0.122. The second kappa shape index (κ2) is 8.90. The van der Waals surface area contributed by atoms with E-state index in [1.54, 1.807) is 0 Å². The quantitative estimate of drug-likeness (QED) is 0.867. The van der Waals surface area contributed by atoms with E-state index in [0.717, 1.165) is 49.6 Å². The second-order valence-electron chi connectivity index (χ2n) is 7.09. The highest BCUT2D eigenvalue weighted by molar-refractivity contribution is 5.76. The molecule has 26 heavy (non-hydrogen) atoms. The molecule has 2 aromatic rings. The van der Waals surface area contributed by atoms with Crippen molar-refractivity contribution in [1.29, 1.82) is 0 Å². The minimum atomic E-state index is 0.0513. The first kappa shape index (κ1) is 18.5.